The summed E-state index contributed by atoms with van der Waals surface area (Å²) in [5.41, 5.74) is 7.55. The van der Waals surface area contributed by atoms with E-state index in [-0.39, 0.29) is 16.2 Å². The Morgan fingerprint density at radius 2 is 0.973 bits per heavy atom. The number of aromatic nitrogens is 2. The lowest BCUT2D eigenvalue weighted by Crippen LogP contribution is -2.23. The standard InChI is InChI=1S/C34H42N2O/c1-32(2,3)22-29(34(7,8)9)25-14-10-23(11-15-25)24-12-16-26(17-13-24)30-35-36-31(37-30)27-18-20-28(21-19-27)33(4,5)6/h10-21,29H,22H2,1-9H3. The highest BCUT2D eigenvalue weighted by Crippen LogP contribution is 2.43. The van der Waals surface area contributed by atoms with Gasteiger partial charge in [0.2, 0.25) is 11.8 Å². The average molecular weight is 495 g/mol. The van der Waals surface area contributed by atoms with Gasteiger partial charge >= 0.3 is 0 Å². The van der Waals surface area contributed by atoms with Crippen LogP contribution in [0.3, 0.4) is 0 Å². The van der Waals surface area contributed by atoms with Gasteiger partial charge in [0, 0.05) is 11.1 Å². The third kappa shape index (κ3) is 6.57. The second kappa shape index (κ2) is 9.93. The molecule has 4 aromatic rings. The summed E-state index contributed by atoms with van der Waals surface area (Å²) in [6.45, 7) is 20.7. The Bertz CT molecular complexity index is 1310. The number of hydrogen-bond acceptors (Lipinski definition) is 3. The molecule has 1 aromatic heterocycles. The molecule has 0 aliphatic carbocycles. The van der Waals surface area contributed by atoms with E-state index in [4.69, 9.17) is 4.42 Å². The summed E-state index contributed by atoms with van der Waals surface area (Å²) in [4.78, 5) is 0. The minimum atomic E-state index is 0.112. The maximum Gasteiger partial charge on any atom is 0.248 e. The lowest BCUT2D eigenvalue weighted by molar-refractivity contribution is 0.229. The van der Waals surface area contributed by atoms with Crippen molar-refractivity contribution in [3.05, 3.63) is 83.9 Å². The predicted octanol–water partition coefficient (Wildman–Crippen LogP) is 9.93. The van der Waals surface area contributed by atoms with Crippen molar-refractivity contribution in [1.29, 1.82) is 0 Å². The summed E-state index contributed by atoms with van der Waals surface area (Å²) in [6, 6.07) is 25.8. The van der Waals surface area contributed by atoms with Crippen LogP contribution in [0.1, 0.15) is 85.8 Å². The Hall–Kier alpha value is -3.20. The van der Waals surface area contributed by atoms with Crippen LogP contribution in [0.2, 0.25) is 0 Å². The summed E-state index contributed by atoms with van der Waals surface area (Å²) in [6.07, 6.45) is 1.16. The SMILES string of the molecule is CC(C)(C)CC(c1ccc(-c2ccc(-c3nnc(-c4ccc(C(C)(C)C)cc4)o3)cc2)cc1)C(C)(C)C. The van der Waals surface area contributed by atoms with Gasteiger partial charge in [-0.15, -0.1) is 10.2 Å². The Kier molecular flexibility index (Phi) is 7.21. The number of nitrogens with zero attached hydrogens (tertiary/aromatic N) is 2. The van der Waals surface area contributed by atoms with Gasteiger partial charge in [0.25, 0.3) is 0 Å². The van der Waals surface area contributed by atoms with E-state index in [1.165, 1.54) is 22.3 Å². The molecule has 3 heteroatoms. The Balaban J connectivity index is 1.51. The molecule has 0 aliphatic heterocycles. The van der Waals surface area contributed by atoms with Gasteiger partial charge < -0.3 is 4.42 Å². The van der Waals surface area contributed by atoms with Crippen molar-refractivity contribution in [2.45, 2.75) is 80.1 Å². The van der Waals surface area contributed by atoms with E-state index in [9.17, 15) is 0 Å². The third-order valence-corrected chi connectivity index (χ3v) is 7.06. The predicted molar refractivity (Wildman–Crippen MR) is 156 cm³/mol. The molecule has 3 nitrogen and oxygen atoms in total. The largest absolute Gasteiger partial charge is 0.416 e. The van der Waals surface area contributed by atoms with Gasteiger partial charge in [-0.2, -0.15) is 0 Å². The fourth-order valence-corrected chi connectivity index (χ4v) is 4.82. The molecule has 0 saturated heterocycles. The van der Waals surface area contributed by atoms with Gasteiger partial charge in [0.15, 0.2) is 0 Å². The van der Waals surface area contributed by atoms with Gasteiger partial charge in [-0.1, -0.05) is 111 Å². The Morgan fingerprint density at radius 3 is 1.38 bits per heavy atom. The third-order valence-electron chi connectivity index (χ3n) is 7.06. The van der Waals surface area contributed by atoms with Crippen LogP contribution in [0.5, 0.6) is 0 Å². The highest BCUT2D eigenvalue weighted by Gasteiger charge is 2.30. The zero-order valence-corrected chi connectivity index (χ0v) is 24.0. The van der Waals surface area contributed by atoms with Crippen LogP contribution in [-0.2, 0) is 5.41 Å². The van der Waals surface area contributed by atoms with Crippen molar-refractivity contribution >= 4 is 0 Å². The second-order valence-corrected chi connectivity index (χ2v) is 13.6. The van der Waals surface area contributed by atoms with E-state index in [0.29, 0.717) is 17.7 Å². The number of benzene rings is 3. The fraction of sp³-hybridized carbons (Fsp3) is 0.412. The first-order valence-electron chi connectivity index (χ1n) is 13.4. The molecule has 4 rings (SSSR count). The molecule has 1 atom stereocenters. The van der Waals surface area contributed by atoms with Gasteiger partial charge in [-0.3, -0.25) is 0 Å². The lowest BCUT2D eigenvalue weighted by atomic mass is 9.69. The van der Waals surface area contributed by atoms with E-state index < -0.39 is 0 Å². The Morgan fingerprint density at radius 1 is 0.568 bits per heavy atom. The topological polar surface area (TPSA) is 38.9 Å². The molecule has 0 saturated carbocycles. The second-order valence-electron chi connectivity index (χ2n) is 13.6. The molecule has 0 bridgehead atoms. The average Bonchev–Trinajstić information content (AvgIpc) is 3.32. The van der Waals surface area contributed by atoms with E-state index in [1.807, 2.05) is 0 Å². The van der Waals surface area contributed by atoms with Crippen molar-refractivity contribution in [1.82, 2.24) is 10.2 Å². The van der Waals surface area contributed by atoms with Crippen LogP contribution in [0, 0.1) is 10.8 Å². The molecule has 0 N–H and O–H groups in total. The zero-order chi connectivity index (χ0) is 27.0. The number of rotatable bonds is 5. The van der Waals surface area contributed by atoms with Gasteiger partial charge in [0.05, 0.1) is 0 Å². The summed E-state index contributed by atoms with van der Waals surface area (Å²) < 4.78 is 6.02. The summed E-state index contributed by atoms with van der Waals surface area (Å²) >= 11 is 0. The minimum Gasteiger partial charge on any atom is -0.416 e. The van der Waals surface area contributed by atoms with Crippen molar-refractivity contribution in [3.8, 4) is 34.0 Å². The van der Waals surface area contributed by atoms with Crippen molar-refractivity contribution in [2.75, 3.05) is 0 Å². The fourth-order valence-electron chi connectivity index (χ4n) is 4.82. The molecular weight excluding hydrogens is 452 g/mol. The number of hydrogen-bond donors (Lipinski definition) is 0. The molecule has 0 aliphatic rings. The molecule has 0 radical (unpaired) electrons. The van der Waals surface area contributed by atoms with Gasteiger partial charge in [-0.05, 0) is 75.1 Å². The molecular formula is C34H42N2O. The maximum atomic E-state index is 6.02. The molecule has 37 heavy (non-hydrogen) atoms. The molecule has 1 heterocycles. The zero-order valence-electron chi connectivity index (χ0n) is 24.0. The Labute approximate surface area is 223 Å². The van der Waals surface area contributed by atoms with Crippen LogP contribution in [0.15, 0.2) is 77.2 Å². The smallest absolute Gasteiger partial charge is 0.248 e. The molecule has 0 fully saturated rings. The first-order chi connectivity index (χ1) is 17.2. The molecule has 194 valence electrons. The van der Waals surface area contributed by atoms with Crippen LogP contribution in [-0.4, -0.2) is 10.2 Å². The van der Waals surface area contributed by atoms with Crippen LogP contribution in [0.25, 0.3) is 34.0 Å². The van der Waals surface area contributed by atoms with Crippen molar-refractivity contribution in [3.63, 3.8) is 0 Å². The molecule has 0 spiro atoms. The van der Waals surface area contributed by atoms with Crippen LogP contribution < -0.4 is 0 Å². The van der Waals surface area contributed by atoms with Crippen molar-refractivity contribution in [2.24, 2.45) is 10.8 Å². The first-order valence-corrected chi connectivity index (χ1v) is 13.4. The van der Waals surface area contributed by atoms with E-state index in [0.717, 1.165) is 17.5 Å². The van der Waals surface area contributed by atoms with Crippen LogP contribution in [0.4, 0.5) is 0 Å². The van der Waals surface area contributed by atoms with Crippen LogP contribution >= 0.6 is 0 Å². The quantitative estimate of drug-likeness (QED) is 0.277. The van der Waals surface area contributed by atoms with Gasteiger partial charge in [-0.25, -0.2) is 0 Å². The molecule has 1 unspecified atom stereocenters. The molecule has 0 amide bonds. The minimum absolute atomic E-state index is 0.112. The van der Waals surface area contributed by atoms with E-state index in [1.54, 1.807) is 0 Å². The summed E-state index contributed by atoms with van der Waals surface area (Å²) in [7, 11) is 0. The lowest BCUT2D eigenvalue weighted by Gasteiger charge is -2.36. The van der Waals surface area contributed by atoms with E-state index >= 15 is 0 Å². The van der Waals surface area contributed by atoms with Gasteiger partial charge in [0.1, 0.15) is 0 Å². The normalized spacial score (nSPS) is 13.5. The maximum absolute atomic E-state index is 6.02. The monoisotopic (exact) mass is 494 g/mol. The van der Waals surface area contributed by atoms with E-state index in [2.05, 4.69) is 145 Å². The molecule has 3 aromatic carbocycles. The first kappa shape index (κ1) is 26.9. The van der Waals surface area contributed by atoms with Crippen molar-refractivity contribution < 1.29 is 4.42 Å². The summed E-state index contributed by atoms with van der Waals surface area (Å²) in [5.74, 6) is 1.59. The summed E-state index contributed by atoms with van der Waals surface area (Å²) in [5, 5.41) is 8.59. The highest BCUT2D eigenvalue weighted by molar-refractivity contribution is 5.68. The highest BCUT2D eigenvalue weighted by atomic mass is 16.4.